The van der Waals surface area contributed by atoms with Crippen molar-refractivity contribution in [2.45, 2.75) is 0 Å². The van der Waals surface area contributed by atoms with E-state index in [2.05, 4.69) is 0 Å². The molecule has 0 saturated carbocycles. The maximum absolute atomic E-state index is 10.1. The fourth-order valence-electron chi connectivity index (χ4n) is 1.31. The van der Waals surface area contributed by atoms with Crippen LogP contribution in [0.5, 0.6) is 11.5 Å². The van der Waals surface area contributed by atoms with Gasteiger partial charge in [-0.3, -0.25) is 4.79 Å². The van der Waals surface area contributed by atoms with Crippen LogP contribution in [0.1, 0.15) is 5.56 Å². The Hall–Kier alpha value is -1.77. The zero-order valence-electron chi connectivity index (χ0n) is 7.60. The van der Waals surface area contributed by atoms with Crippen molar-refractivity contribution in [3.8, 4) is 11.5 Å². The highest BCUT2D eigenvalue weighted by molar-refractivity contribution is 5.74. The molecule has 0 spiro atoms. The Morgan fingerprint density at radius 1 is 1.14 bits per heavy atom. The van der Waals surface area contributed by atoms with Gasteiger partial charge in [0, 0.05) is 0 Å². The molecular formula is C11H10O3. The van der Waals surface area contributed by atoms with Crippen molar-refractivity contribution in [1.82, 2.24) is 0 Å². The molecule has 2 rings (SSSR count). The Bertz CT molecular complexity index is 369. The predicted octanol–water partition coefficient (Wildman–Crippen LogP) is 1.67. The summed E-state index contributed by atoms with van der Waals surface area (Å²) in [5, 5.41) is 0. The van der Waals surface area contributed by atoms with Crippen molar-refractivity contribution < 1.29 is 14.3 Å². The van der Waals surface area contributed by atoms with Crippen molar-refractivity contribution in [3.63, 3.8) is 0 Å². The van der Waals surface area contributed by atoms with Crippen molar-refractivity contribution in [2.24, 2.45) is 0 Å². The van der Waals surface area contributed by atoms with Gasteiger partial charge < -0.3 is 9.47 Å². The first kappa shape index (κ1) is 8.81. The average molecular weight is 190 g/mol. The van der Waals surface area contributed by atoms with E-state index in [1.54, 1.807) is 6.08 Å². The molecule has 1 heterocycles. The van der Waals surface area contributed by atoms with Crippen LogP contribution in [0.2, 0.25) is 0 Å². The summed E-state index contributed by atoms with van der Waals surface area (Å²) in [6.45, 7) is 1.17. The molecule has 72 valence electrons. The minimum atomic E-state index is 0.577. The zero-order valence-corrected chi connectivity index (χ0v) is 7.60. The number of carbonyl (C=O) groups is 1. The van der Waals surface area contributed by atoms with Gasteiger partial charge >= 0.3 is 0 Å². The first-order chi connectivity index (χ1) is 6.90. The molecule has 0 atom stereocenters. The quantitative estimate of drug-likeness (QED) is 0.525. The maximum Gasteiger partial charge on any atom is 0.161 e. The molecule has 0 aromatic heterocycles. The molecule has 0 unspecified atom stereocenters. The fraction of sp³-hybridized carbons (Fsp3) is 0.182. The van der Waals surface area contributed by atoms with Gasteiger partial charge in [-0.1, -0.05) is 12.1 Å². The van der Waals surface area contributed by atoms with Gasteiger partial charge in [-0.05, 0) is 23.8 Å². The van der Waals surface area contributed by atoms with Crippen LogP contribution in [-0.4, -0.2) is 19.5 Å². The third-order valence-corrected chi connectivity index (χ3v) is 1.93. The summed E-state index contributed by atoms with van der Waals surface area (Å²) >= 11 is 0. The number of hydrogen-bond donors (Lipinski definition) is 0. The monoisotopic (exact) mass is 190 g/mol. The van der Waals surface area contributed by atoms with Crippen LogP contribution in [0, 0.1) is 0 Å². The molecule has 1 aliphatic rings. The summed E-state index contributed by atoms with van der Waals surface area (Å²) < 4.78 is 10.8. The van der Waals surface area contributed by atoms with E-state index in [1.807, 2.05) is 18.2 Å². The van der Waals surface area contributed by atoms with E-state index in [-0.39, 0.29) is 0 Å². The lowest BCUT2D eigenvalue weighted by molar-refractivity contribution is -0.104. The molecule has 1 aromatic carbocycles. The van der Waals surface area contributed by atoms with Crippen LogP contribution < -0.4 is 9.47 Å². The molecule has 1 aliphatic heterocycles. The molecule has 3 heteroatoms. The lowest BCUT2D eigenvalue weighted by Gasteiger charge is -2.18. The fourth-order valence-corrected chi connectivity index (χ4v) is 1.31. The van der Waals surface area contributed by atoms with E-state index in [0.29, 0.717) is 13.2 Å². The summed E-state index contributed by atoms with van der Waals surface area (Å²) in [4.78, 5) is 10.1. The van der Waals surface area contributed by atoms with Crippen molar-refractivity contribution >= 4 is 12.4 Å². The molecule has 0 bridgehead atoms. The van der Waals surface area contributed by atoms with Gasteiger partial charge in [-0.25, -0.2) is 0 Å². The molecule has 0 aliphatic carbocycles. The number of fused-ring (bicyclic) bond motifs is 1. The SMILES string of the molecule is O=C/C=C/c1ccc2c(c1)OCCO2. The lowest BCUT2D eigenvalue weighted by Crippen LogP contribution is -2.15. The number of hydrogen-bond acceptors (Lipinski definition) is 3. The average Bonchev–Trinajstić information content (AvgIpc) is 2.26. The first-order valence-electron chi connectivity index (χ1n) is 4.41. The molecule has 0 N–H and O–H groups in total. The summed E-state index contributed by atoms with van der Waals surface area (Å²) in [7, 11) is 0. The van der Waals surface area contributed by atoms with Crippen LogP contribution in [-0.2, 0) is 4.79 Å². The molecular weight excluding hydrogens is 180 g/mol. The van der Waals surface area contributed by atoms with Crippen LogP contribution in [0.15, 0.2) is 24.3 Å². The number of ether oxygens (including phenoxy) is 2. The summed E-state index contributed by atoms with van der Waals surface area (Å²) in [5.41, 5.74) is 0.932. The largest absolute Gasteiger partial charge is 0.486 e. The van der Waals surface area contributed by atoms with Crippen LogP contribution in [0.4, 0.5) is 0 Å². The second-order valence-electron chi connectivity index (χ2n) is 2.90. The molecule has 0 saturated heterocycles. The van der Waals surface area contributed by atoms with Crippen molar-refractivity contribution in [3.05, 3.63) is 29.8 Å². The van der Waals surface area contributed by atoms with Gasteiger partial charge in [0.2, 0.25) is 0 Å². The van der Waals surface area contributed by atoms with E-state index >= 15 is 0 Å². The van der Waals surface area contributed by atoms with Gasteiger partial charge in [0.1, 0.15) is 19.5 Å². The summed E-state index contributed by atoms with van der Waals surface area (Å²) in [5.74, 6) is 1.50. The minimum absolute atomic E-state index is 0.577. The van der Waals surface area contributed by atoms with Crippen molar-refractivity contribution in [2.75, 3.05) is 13.2 Å². The first-order valence-corrected chi connectivity index (χ1v) is 4.41. The number of allylic oxidation sites excluding steroid dienone is 1. The van der Waals surface area contributed by atoms with E-state index in [9.17, 15) is 4.79 Å². The number of rotatable bonds is 2. The van der Waals surface area contributed by atoms with Crippen LogP contribution in [0.25, 0.3) is 6.08 Å². The Kier molecular flexibility index (Phi) is 2.49. The molecule has 14 heavy (non-hydrogen) atoms. The Labute approximate surface area is 81.9 Å². The summed E-state index contributed by atoms with van der Waals surface area (Å²) in [6.07, 6.45) is 3.92. The normalized spacial score (nSPS) is 14.3. The van der Waals surface area contributed by atoms with Gasteiger partial charge in [-0.2, -0.15) is 0 Å². The Morgan fingerprint density at radius 3 is 2.71 bits per heavy atom. The third-order valence-electron chi connectivity index (χ3n) is 1.93. The molecule has 0 fully saturated rings. The van der Waals surface area contributed by atoms with E-state index in [1.165, 1.54) is 6.08 Å². The second-order valence-corrected chi connectivity index (χ2v) is 2.90. The number of benzene rings is 1. The van der Waals surface area contributed by atoms with Gasteiger partial charge in [0.05, 0.1) is 0 Å². The summed E-state index contributed by atoms with van der Waals surface area (Å²) in [6, 6.07) is 5.58. The van der Waals surface area contributed by atoms with Gasteiger partial charge in [0.15, 0.2) is 11.5 Å². The Morgan fingerprint density at radius 2 is 1.93 bits per heavy atom. The molecule has 0 amide bonds. The minimum Gasteiger partial charge on any atom is -0.486 e. The van der Waals surface area contributed by atoms with E-state index < -0.39 is 0 Å². The maximum atomic E-state index is 10.1. The highest BCUT2D eigenvalue weighted by Gasteiger charge is 2.10. The third kappa shape index (κ3) is 1.76. The molecule has 1 aromatic rings. The highest BCUT2D eigenvalue weighted by Crippen LogP contribution is 2.30. The molecule has 0 radical (unpaired) electrons. The van der Waals surface area contributed by atoms with Crippen LogP contribution in [0.3, 0.4) is 0 Å². The highest BCUT2D eigenvalue weighted by atomic mass is 16.6. The van der Waals surface area contributed by atoms with Gasteiger partial charge in [-0.15, -0.1) is 0 Å². The van der Waals surface area contributed by atoms with Gasteiger partial charge in [0.25, 0.3) is 0 Å². The Balaban J connectivity index is 2.28. The second kappa shape index (κ2) is 3.96. The standard InChI is InChI=1S/C11H10O3/c12-5-1-2-9-3-4-10-11(8-9)14-7-6-13-10/h1-5,8H,6-7H2/b2-1+. The smallest absolute Gasteiger partial charge is 0.161 e. The number of aldehydes is 1. The zero-order chi connectivity index (χ0) is 9.80. The van der Waals surface area contributed by atoms with Crippen LogP contribution >= 0.6 is 0 Å². The molecule has 3 nitrogen and oxygen atoms in total. The van der Waals surface area contributed by atoms with E-state index in [4.69, 9.17) is 9.47 Å². The number of carbonyl (C=O) groups excluding carboxylic acids is 1. The lowest BCUT2D eigenvalue weighted by atomic mass is 10.2. The predicted molar refractivity (Wildman–Crippen MR) is 52.5 cm³/mol. The van der Waals surface area contributed by atoms with E-state index in [0.717, 1.165) is 23.3 Å². The topological polar surface area (TPSA) is 35.5 Å². The van der Waals surface area contributed by atoms with Crippen molar-refractivity contribution in [1.29, 1.82) is 0 Å².